The highest BCUT2D eigenvalue weighted by molar-refractivity contribution is 6.00. The number of nitrogens with zero attached hydrogens (tertiary/aromatic N) is 3. The van der Waals surface area contributed by atoms with Crippen molar-refractivity contribution in [2.75, 3.05) is 13.7 Å². The molecule has 7 nitrogen and oxygen atoms in total. The van der Waals surface area contributed by atoms with Gasteiger partial charge in [-0.25, -0.2) is 0 Å². The van der Waals surface area contributed by atoms with Gasteiger partial charge in [0.2, 0.25) is 0 Å². The van der Waals surface area contributed by atoms with E-state index >= 15 is 0 Å². The van der Waals surface area contributed by atoms with Crippen LogP contribution in [0.1, 0.15) is 42.5 Å². The summed E-state index contributed by atoms with van der Waals surface area (Å²) in [6, 6.07) is 9.44. The second kappa shape index (κ2) is 8.61. The van der Waals surface area contributed by atoms with Gasteiger partial charge in [0, 0.05) is 32.1 Å². The molecule has 7 heteroatoms. The number of ether oxygens (including phenoxy) is 1. The van der Waals surface area contributed by atoms with Crippen LogP contribution >= 0.6 is 0 Å². The van der Waals surface area contributed by atoms with Gasteiger partial charge in [-0.3, -0.25) is 9.59 Å². The zero-order valence-electron chi connectivity index (χ0n) is 16.6. The predicted molar refractivity (Wildman–Crippen MR) is 111 cm³/mol. The van der Waals surface area contributed by atoms with E-state index in [1.165, 1.54) is 11.1 Å². The average molecular weight is 394 g/mol. The minimum atomic E-state index is -0.232. The second-order valence-electron chi connectivity index (χ2n) is 7.53. The number of benzene rings is 1. The summed E-state index contributed by atoms with van der Waals surface area (Å²) in [6.07, 6.45) is 9.00. The molecule has 1 aromatic carbocycles. The molecule has 0 unspecified atom stereocenters. The quantitative estimate of drug-likeness (QED) is 0.697. The van der Waals surface area contributed by atoms with Gasteiger partial charge >= 0.3 is 0 Å². The third-order valence-corrected chi connectivity index (χ3v) is 5.46. The Morgan fingerprint density at radius 3 is 2.66 bits per heavy atom. The van der Waals surface area contributed by atoms with Crippen molar-refractivity contribution in [1.82, 2.24) is 19.7 Å². The van der Waals surface area contributed by atoms with E-state index in [4.69, 9.17) is 4.74 Å². The standard InChI is InChI=1S/C22H26N4O3/c1-29-13-12-25-14-18(21(27)23-16-8-4-2-5-9-16)20-19(15-25)22(28)26(24-20)17-10-6-3-7-11-17/h3,6-7,10-11,14-16H,2,4-5,8-9,12-13H2,1H3,(H,23,27). The van der Waals surface area contributed by atoms with E-state index in [-0.39, 0.29) is 17.5 Å². The summed E-state index contributed by atoms with van der Waals surface area (Å²) in [4.78, 5) is 26.1. The first-order chi connectivity index (χ1) is 14.2. The van der Waals surface area contributed by atoms with Gasteiger partial charge in [0.25, 0.3) is 11.5 Å². The van der Waals surface area contributed by atoms with Crippen molar-refractivity contribution in [3.8, 4) is 16.9 Å². The molecule has 4 rings (SSSR count). The first kappa shape index (κ1) is 19.4. The summed E-state index contributed by atoms with van der Waals surface area (Å²) < 4.78 is 8.36. The number of fused-ring (bicyclic) bond motifs is 1. The summed E-state index contributed by atoms with van der Waals surface area (Å²) in [7, 11) is 1.63. The summed E-state index contributed by atoms with van der Waals surface area (Å²) in [6.45, 7) is 1.03. The molecule has 152 valence electrons. The van der Waals surface area contributed by atoms with Crippen LogP contribution in [-0.4, -0.2) is 40.0 Å². The Bertz CT molecular complexity index is 1000. The minimum absolute atomic E-state index is 0.175. The van der Waals surface area contributed by atoms with Crippen LogP contribution in [0.25, 0.3) is 16.9 Å². The molecule has 0 spiro atoms. The summed E-state index contributed by atoms with van der Waals surface area (Å²) >= 11 is 0. The van der Waals surface area contributed by atoms with E-state index in [9.17, 15) is 9.59 Å². The Morgan fingerprint density at radius 2 is 1.93 bits per heavy atom. The molecule has 1 aromatic rings. The number of rotatable bonds is 6. The van der Waals surface area contributed by atoms with Crippen molar-refractivity contribution in [3.63, 3.8) is 0 Å². The molecule has 3 aliphatic rings. The number of aromatic nitrogens is 3. The van der Waals surface area contributed by atoms with Crippen LogP contribution < -0.4 is 10.9 Å². The Morgan fingerprint density at radius 1 is 1.17 bits per heavy atom. The van der Waals surface area contributed by atoms with Crippen molar-refractivity contribution in [3.05, 3.63) is 58.6 Å². The molecule has 0 atom stereocenters. The van der Waals surface area contributed by atoms with Crippen LogP contribution in [0.5, 0.6) is 0 Å². The van der Waals surface area contributed by atoms with E-state index in [1.807, 2.05) is 34.9 Å². The first-order valence-electron chi connectivity index (χ1n) is 10.2. The number of amides is 1. The molecule has 2 aliphatic heterocycles. The maximum absolute atomic E-state index is 13.1. The van der Waals surface area contributed by atoms with Crippen molar-refractivity contribution < 1.29 is 9.53 Å². The summed E-state index contributed by atoms with van der Waals surface area (Å²) in [5.74, 6) is -0.175. The molecule has 0 aromatic heterocycles. The maximum atomic E-state index is 13.1. The maximum Gasteiger partial charge on any atom is 0.282 e. The van der Waals surface area contributed by atoms with Crippen LogP contribution in [0.2, 0.25) is 0 Å². The third kappa shape index (κ3) is 4.10. The minimum Gasteiger partial charge on any atom is -0.383 e. The average Bonchev–Trinajstić information content (AvgIpc) is 3.09. The fourth-order valence-electron chi connectivity index (χ4n) is 3.91. The molecular weight excluding hydrogens is 368 g/mol. The third-order valence-electron chi connectivity index (χ3n) is 5.46. The molecule has 1 fully saturated rings. The van der Waals surface area contributed by atoms with Gasteiger partial charge in [0.1, 0.15) is 5.69 Å². The number of para-hydroxylation sites is 1. The highest BCUT2D eigenvalue weighted by Gasteiger charge is 2.26. The largest absolute Gasteiger partial charge is 0.383 e. The molecule has 2 heterocycles. The monoisotopic (exact) mass is 394 g/mol. The fourth-order valence-corrected chi connectivity index (χ4v) is 3.91. The van der Waals surface area contributed by atoms with Crippen molar-refractivity contribution in [2.24, 2.45) is 0 Å². The number of nitrogens with one attached hydrogen (secondary N) is 1. The molecule has 0 radical (unpaired) electrons. The molecular formula is C22H26N4O3. The van der Waals surface area contributed by atoms with Crippen molar-refractivity contribution >= 4 is 5.91 Å². The molecule has 1 amide bonds. The van der Waals surface area contributed by atoms with Gasteiger partial charge in [0.05, 0.1) is 23.4 Å². The van der Waals surface area contributed by atoms with Gasteiger partial charge < -0.3 is 14.6 Å². The SMILES string of the molecule is COCCn1cc(C(=O)NC2CCCCC2)c2nn(-c3ccccc3)c(=O)c-2c1. The topological polar surface area (TPSA) is 78.2 Å². The van der Waals surface area contributed by atoms with Gasteiger partial charge in [-0.15, -0.1) is 0 Å². The Hall–Kier alpha value is -2.93. The van der Waals surface area contributed by atoms with E-state index < -0.39 is 0 Å². The highest BCUT2D eigenvalue weighted by atomic mass is 16.5. The lowest BCUT2D eigenvalue weighted by molar-refractivity contribution is 0.0927. The van der Waals surface area contributed by atoms with Gasteiger partial charge in [-0.05, 0) is 25.0 Å². The summed E-state index contributed by atoms with van der Waals surface area (Å²) in [5, 5.41) is 7.66. The number of carbonyl (C=O) groups is 1. The smallest absolute Gasteiger partial charge is 0.282 e. The van der Waals surface area contributed by atoms with E-state index in [0.717, 1.165) is 25.7 Å². The van der Waals surface area contributed by atoms with E-state index in [0.29, 0.717) is 35.7 Å². The lowest BCUT2D eigenvalue weighted by Gasteiger charge is -2.23. The van der Waals surface area contributed by atoms with Crippen LogP contribution in [0.15, 0.2) is 47.5 Å². The molecule has 29 heavy (non-hydrogen) atoms. The van der Waals surface area contributed by atoms with Crippen molar-refractivity contribution in [1.29, 1.82) is 0 Å². The number of hydrogen-bond donors (Lipinski definition) is 1. The molecule has 0 saturated heterocycles. The summed E-state index contributed by atoms with van der Waals surface area (Å²) in [5.41, 5.74) is 1.73. The lowest BCUT2D eigenvalue weighted by atomic mass is 9.95. The molecule has 0 bridgehead atoms. The fraction of sp³-hybridized carbons (Fsp3) is 0.409. The van der Waals surface area contributed by atoms with Crippen LogP contribution in [0.3, 0.4) is 0 Å². The van der Waals surface area contributed by atoms with E-state index in [2.05, 4.69) is 10.4 Å². The highest BCUT2D eigenvalue weighted by Crippen LogP contribution is 2.24. The first-order valence-corrected chi connectivity index (χ1v) is 10.2. The van der Waals surface area contributed by atoms with Gasteiger partial charge in [-0.2, -0.15) is 9.78 Å². The van der Waals surface area contributed by atoms with Crippen LogP contribution in [0, 0.1) is 0 Å². The van der Waals surface area contributed by atoms with Crippen LogP contribution in [-0.2, 0) is 11.3 Å². The zero-order valence-corrected chi connectivity index (χ0v) is 16.6. The number of pyridine rings is 1. The second-order valence-corrected chi connectivity index (χ2v) is 7.53. The Labute approximate surface area is 169 Å². The number of methoxy groups -OCH3 is 1. The van der Waals surface area contributed by atoms with Crippen LogP contribution in [0.4, 0.5) is 0 Å². The van der Waals surface area contributed by atoms with E-state index in [1.54, 1.807) is 19.5 Å². The lowest BCUT2D eigenvalue weighted by Crippen LogP contribution is -2.36. The Balaban J connectivity index is 1.76. The van der Waals surface area contributed by atoms with Gasteiger partial charge in [0.15, 0.2) is 0 Å². The molecule has 1 saturated carbocycles. The molecule has 1 aliphatic carbocycles. The number of hydrogen-bond acceptors (Lipinski definition) is 4. The molecule has 1 N–H and O–H groups in total. The number of carbonyl (C=O) groups excluding carboxylic acids is 1. The van der Waals surface area contributed by atoms with Crippen molar-refractivity contribution in [2.45, 2.75) is 44.7 Å². The Kier molecular flexibility index (Phi) is 5.76. The predicted octanol–water partition coefficient (Wildman–Crippen LogP) is 2.85. The normalized spacial score (nSPS) is 14.9. The zero-order chi connectivity index (χ0) is 20.2. The van der Waals surface area contributed by atoms with Gasteiger partial charge in [-0.1, -0.05) is 37.5 Å².